The summed E-state index contributed by atoms with van der Waals surface area (Å²) in [6.45, 7) is 3.86. The van der Waals surface area contributed by atoms with E-state index in [1.165, 1.54) is 11.1 Å². The smallest absolute Gasteiger partial charge is 0.134 e. The first kappa shape index (κ1) is 10.4. The van der Waals surface area contributed by atoms with E-state index in [4.69, 9.17) is 0 Å². The molecule has 0 unspecified atom stereocenters. The van der Waals surface area contributed by atoms with Crippen molar-refractivity contribution >= 4 is 5.82 Å². The fourth-order valence-corrected chi connectivity index (χ4v) is 2.33. The molecule has 1 aliphatic rings. The lowest BCUT2D eigenvalue weighted by atomic mass is 10.2. The Morgan fingerprint density at radius 1 is 1.35 bits per heavy atom. The first-order valence-electron chi connectivity index (χ1n) is 5.86. The van der Waals surface area contributed by atoms with Crippen molar-refractivity contribution in [2.75, 3.05) is 12.4 Å². The summed E-state index contributed by atoms with van der Waals surface area (Å²) in [5.41, 5.74) is 4.80. The topological polar surface area (TPSA) is 41.9 Å². The molecule has 17 heavy (non-hydrogen) atoms. The number of nitrogens with one attached hydrogen (secondary N) is 2. The van der Waals surface area contributed by atoms with Gasteiger partial charge in [0.15, 0.2) is 0 Å². The zero-order chi connectivity index (χ0) is 11.8. The van der Waals surface area contributed by atoms with E-state index in [-0.39, 0.29) is 0 Å². The van der Waals surface area contributed by atoms with Gasteiger partial charge in [0.1, 0.15) is 5.82 Å². The van der Waals surface area contributed by atoms with Gasteiger partial charge in [-0.15, -0.1) is 0 Å². The zero-order valence-corrected chi connectivity index (χ0v) is 10.1. The molecule has 1 aromatic carbocycles. The number of aryl methyl sites for hydroxylation is 1. The van der Waals surface area contributed by atoms with E-state index in [0.717, 1.165) is 30.3 Å². The van der Waals surface area contributed by atoms with Gasteiger partial charge < -0.3 is 10.6 Å². The molecule has 1 aromatic heterocycles. The fraction of sp³-hybridized carbons (Fsp3) is 0.308. The molecule has 0 fully saturated rings. The highest BCUT2D eigenvalue weighted by Crippen LogP contribution is 2.26. The minimum absolute atomic E-state index is 0.864. The van der Waals surface area contributed by atoms with E-state index >= 15 is 0 Å². The van der Waals surface area contributed by atoms with Crippen LogP contribution in [0.15, 0.2) is 24.3 Å². The van der Waals surface area contributed by atoms with Gasteiger partial charge in [-0.05, 0) is 24.6 Å². The van der Waals surface area contributed by atoms with Crippen molar-refractivity contribution in [3.63, 3.8) is 0 Å². The number of anilines is 1. The molecule has 0 atom stereocenters. The Hall–Kier alpha value is -1.81. The van der Waals surface area contributed by atoms with Crippen molar-refractivity contribution in [1.82, 2.24) is 15.1 Å². The third-order valence-corrected chi connectivity index (χ3v) is 3.14. The summed E-state index contributed by atoms with van der Waals surface area (Å²) in [6.07, 6.45) is 0. The van der Waals surface area contributed by atoms with Crippen LogP contribution in [0.1, 0.15) is 16.8 Å². The van der Waals surface area contributed by atoms with Crippen molar-refractivity contribution in [3.8, 4) is 5.69 Å². The Labute approximate surface area is 101 Å². The van der Waals surface area contributed by atoms with Crippen molar-refractivity contribution < 1.29 is 0 Å². The van der Waals surface area contributed by atoms with Crippen LogP contribution in [0.3, 0.4) is 0 Å². The second kappa shape index (κ2) is 3.89. The van der Waals surface area contributed by atoms with Crippen molar-refractivity contribution in [2.45, 2.75) is 20.0 Å². The molecule has 88 valence electrons. The van der Waals surface area contributed by atoms with Crippen LogP contribution in [0.4, 0.5) is 5.82 Å². The van der Waals surface area contributed by atoms with E-state index in [2.05, 4.69) is 46.9 Å². The van der Waals surface area contributed by atoms with Crippen LogP contribution in [0.25, 0.3) is 5.69 Å². The summed E-state index contributed by atoms with van der Waals surface area (Å²) >= 11 is 0. The van der Waals surface area contributed by atoms with Gasteiger partial charge in [-0.1, -0.05) is 12.1 Å². The van der Waals surface area contributed by atoms with E-state index < -0.39 is 0 Å². The average molecular weight is 228 g/mol. The highest BCUT2D eigenvalue weighted by atomic mass is 15.3. The summed E-state index contributed by atoms with van der Waals surface area (Å²) in [4.78, 5) is 0. The Kier molecular flexibility index (Phi) is 2.37. The second-order valence-corrected chi connectivity index (χ2v) is 4.38. The predicted molar refractivity (Wildman–Crippen MR) is 68.4 cm³/mol. The lowest BCUT2D eigenvalue weighted by Crippen LogP contribution is -2.09. The van der Waals surface area contributed by atoms with Gasteiger partial charge in [-0.3, -0.25) is 0 Å². The SMILES string of the molecule is CNc1c2c(nn1-c1cccc(C)c1)CNC2. The summed E-state index contributed by atoms with van der Waals surface area (Å²) in [5, 5.41) is 11.2. The molecule has 4 nitrogen and oxygen atoms in total. The minimum atomic E-state index is 0.864. The van der Waals surface area contributed by atoms with Crippen LogP contribution >= 0.6 is 0 Å². The number of hydrogen-bond donors (Lipinski definition) is 2. The molecule has 0 saturated carbocycles. The number of rotatable bonds is 2. The third kappa shape index (κ3) is 1.61. The highest BCUT2D eigenvalue weighted by molar-refractivity contribution is 5.54. The summed E-state index contributed by atoms with van der Waals surface area (Å²) in [5.74, 6) is 1.09. The molecular formula is C13H16N4. The van der Waals surface area contributed by atoms with Crippen molar-refractivity contribution in [3.05, 3.63) is 41.1 Å². The third-order valence-electron chi connectivity index (χ3n) is 3.14. The molecule has 4 heteroatoms. The quantitative estimate of drug-likeness (QED) is 0.824. The maximum Gasteiger partial charge on any atom is 0.134 e. The van der Waals surface area contributed by atoms with E-state index in [0.29, 0.717) is 0 Å². The second-order valence-electron chi connectivity index (χ2n) is 4.38. The molecule has 0 saturated heterocycles. The molecule has 3 rings (SSSR count). The molecule has 0 bridgehead atoms. The molecule has 0 radical (unpaired) electrons. The van der Waals surface area contributed by atoms with Crippen molar-refractivity contribution in [2.24, 2.45) is 0 Å². The average Bonchev–Trinajstić information content (AvgIpc) is 2.88. The molecule has 2 N–H and O–H groups in total. The van der Waals surface area contributed by atoms with Crippen LogP contribution in [-0.2, 0) is 13.1 Å². The Balaban J connectivity index is 2.15. The first-order valence-corrected chi connectivity index (χ1v) is 5.86. The lowest BCUT2D eigenvalue weighted by molar-refractivity contribution is 0.723. The summed E-state index contributed by atoms with van der Waals surface area (Å²) in [7, 11) is 1.95. The number of benzene rings is 1. The molecule has 0 amide bonds. The maximum absolute atomic E-state index is 4.66. The van der Waals surface area contributed by atoms with Crippen LogP contribution < -0.4 is 10.6 Å². The Bertz CT molecular complexity index is 557. The standard InChI is InChI=1S/C13H16N4/c1-9-4-3-5-10(6-9)17-13(14-2)11-7-15-8-12(11)16-17/h3-6,14-15H,7-8H2,1-2H3. The lowest BCUT2D eigenvalue weighted by Gasteiger charge is -2.09. The van der Waals surface area contributed by atoms with Gasteiger partial charge >= 0.3 is 0 Å². The molecule has 2 aromatic rings. The normalized spacial score (nSPS) is 13.8. The minimum Gasteiger partial charge on any atom is -0.373 e. The first-order chi connectivity index (χ1) is 8.29. The van der Waals surface area contributed by atoms with Gasteiger partial charge in [0.05, 0.1) is 11.4 Å². The molecule has 2 heterocycles. The van der Waals surface area contributed by atoms with Crippen LogP contribution in [0.2, 0.25) is 0 Å². The molecule has 0 spiro atoms. The van der Waals surface area contributed by atoms with Crippen LogP contribution in [0, 0.1) is 6.92 Å². The predicted octanol–water partition coefficient (Wildman–Crippen LogP) is 1.83. The van der Waals surface area contributed by atoms with Gasteiger partial charge in [0, 0.05) is 25.7 Å². The number of nitrogens with zero attached hydrogens (tertiary/aromatic N) is 2. The van der Waals surface area contributed by atoms with E-state index in [9.17, 15) is 0 Å². The summed E-state index contributed by atoms with van der Waals surface area (Å²) < 4.78 is 2.00. The van der Waals surface area contributed by atoms with E-state index in [1.54, 1.807) is 0 Å². The van der Waals surface area contributed by atoms with Crippen molar-refractivity contribution in [1.29, 1.82) is 0 Å². The maximum atomic E-state index is 4.66. The number of aromatic nitrogens is 2. The van der Waals surface area contributed by atoms with Gasteiger partial charge in [-0.2, -0.15) is 5.10 Å². The number of fused-ring (bicyclic) bond motifs is 1. The highest BCUT2D eigenvalue weighted by Gasteiger charge is 2.21. The van der Waals surface area contributed by atoms with Crippen LogP contribution in [0.5, 0.6) is 0 Å². The zero-order valence-electron chi connectivity index (χ0n) is 10.1. The Morgan fingerprint density at radius 2 is 2.24 bits per heavy atom. The monoisotopic (exact) mass is 228 g/mol. The molecule has 1 aliphatic heterocycles. The van der Waals surface area contributed by atoms with E-state index in [1.807, 2.05) is 11.7 Å². The van der Waals surface area contributed by atoms with Gasteiger partial charge in [-0.25, -0.2) is 4.68 Å². The van der Waals surface area contributed by atoms with Gasteiger partial charge in [0.25, 0.3) is 0 Å². The Morgan fingerprint density at radius 3 is 3.00 bits per heavy atom. The number of hydrogen-bond acceptors (Lipinski definition) is 3. The fourth-order valence-electron chi connectivity index (χ4n) is 2.33. The summed E-state index contributed by atoms with van der Waals surface area (Å²) in [6, 6.07) is 8.40. The largest absolute Gasteiger partial charge is 0.373 e. The van der Waals surface area contributed by atoms with Gasteiger partial charge in [0.2, 0.25) is 0 Å². The molecule has 0 aliphatic carbocycles. The molecular weight excluding hydrogens is 212 g/mol. The van der Waals surface area contributed by atoms with Crippen LogP contribution in [-0.4, -0.2) is 16.8 Å².